The SMILES string of the molecule is NC(=O)c1cccc(NC(=O)c2csc(N(CCCN3CCOCC3)C(=O)c3cccs3)n2)c1. The second-order valence-corrected chi connectivity index (χ2v) is 9.44. The van der Waals surface area contributed by atoms with Gasteiger partial charge < -0.3 is 15.8 Å². The zero-order valence-corrected chi connectivity index (χ0v) is 20.1. The molecule has 178 valence electrons. The highest BCUT2D eigenvalue weighted by atomic mass is 32.1. The van der Waals surface area contributed by atoms with Crippen molar-refractivity contribution in [1.82, 2.24) is 9.88 Å². The fourth-order valence-electron chi connectivity index (χ4n) is 3.53. The molecule has 1 saturated heterocycles. The van der Waals surface area contributed by atoms with E-state index in [2.05, 4.69) is 15.2 Å². The van der Waals surface area contributed by atoms with E-state index in [-0.39, 0.29) is 11.6 Å². The van der Waals surface area contributed by atoms with Gasteiger partial charge in [0.05, 0.1) is 18.1 Å². The Kier molecular flexibility index (Phi) is 8.01. The Hall–Kier alpha value is -3.12. The Morgan fingerprint density at radius 3 is 2.71 bits per heavy atom. The molecule has 3 amide bonds. The van der Waals surface area contributed by atoms with E-state index >= 15 is 0 Å². The Bertz CT molecular complexity index is 1140. The summed E-state index contributed by atoms with van der Waals surface area (Å²) in [7, 11) is 0. The number of morpholine rings is 1. The van der Waals surface area contributed by atoms with Crippen LogP contribution in [0.1, 0.15) is 36.9 Å². The Labute approximate surface area is 205 Å². The molecular formula is C23H25N5O4S2. The molecule has 2 aromatic heterocycles. The molecule has 0 spiro atoms. The number of rotatable bonds is 9. The van der Waals surface area contributed by atoms with Crippen molar-refractivity contribution in [3.05, 3.63) is 63.3 Å². The number of carbonyl (C=O) groups is 3. The molecule has 0 atom stereocenters. The maximum atomic E-state index is 13.2. The van der Waals surface area contributed by atoms with Crippen LogP contribution in [0.3, 0.4) is 0 Å². The number of nitrogens with two attached hydrogens (primary N) is 1. The summed E-state index contributed by atoms with van der Waals surface area (Å²) < 4.78 is 5.40. The molecule has 3 aromatic rings. The van der Waals surface area contributed by atoms with Crippen molar-refractivity contribution in [2.45, 2.75) is 6.42 Å². The number of thiazole rings is 1. The number of amides is 3. The summed E-state index contributed by atoms with van der Waals surface area (Å²) in [5.41, 5.74) is 6.24. The molecule has 0 aliphatic carbocycles. The van der Waals surface area contributed by atoms with Crippen LogP contribution in [0.2, 0.25) is 0 Å². The van der Waals surface area contributed by atoms with Crippen LogP contribution in [0.25, 0.3) is 0 Å². The van der Waals surface area contributed by atoms with Crippen molar-refractivity contribution in [3.8, 4) is 0 Å². The van der Waals surface area contributed by atoms with E-state index in [1.807, 2.05) is 11.4 Å². The molecule has 11 heteroatoms. The van der Waals surface area contributed by atoms with Gasteiger partial charge in [-0.25, -0.2) is 4.98 Å². The van der Waals surface area contributed by atoms with E-state index in [1.54, 1.807) is 34.5 Å². The van der Waals surface area contributed by atoms with E-state index in [4.69, 9.17) is 10.5 Å². The summed E-state index contributed by atoms with van der Waals surface area (Å²) in [4.78, 5) is 46.4. The topological polar surface area (TPSA) is 118 Å². The summed E-state index contributed by atoms with van der Waals surface area (Å²) in [5, 5.41) is 6.68. The van der Waals surface area contributed by atoms with Crippen molar-refractivity contribution in [1.29, 1.82) is 0 Å². The van der Waals surface area contributed by atoms with E-state index in [1.165, 1.54) is 28.7 Å². The van der Waals surface area contributed by atoms with Gasteiger partial charge in [-0.05, 0) is 36.1 Å². The number of hydrogen-bond acceptors (Lipinski definition) is 8. The van der Waals surface area contributed by atoms with Gasteiger partial charge in [0, 0.05) is 42.8 Å². The Morgan fingerprint density at radius 1 is 1.15 bits per heavy atom. The molecule has 1 aliphatic heterocycles. The first kappa shape index (κ1) is 24.0. The van der Waals surface area contributed by atoms with Crippen LogP contribution in [0, 0.1) is 0 Å². The van der Waals surface area contributed by atoms with Gasteiger partial charge in [-0.2, -0.15) is 0 Å². The Balaban J connectivity index is 1.46. The van der Waals surface area contributed by atoms with Crippen LogP contribution in [0.15, 0.2) is 47.2 Å². The number of benzene rings is 1. The first-order valence-corrected chi connectivity index (χ1v) is 12.6. The quantitative estimate of drug-likeness (QED) is 0.467. The van der Waals surface area contributed by atoms with Gasteiger partial charge in [-0.3, -0.25) is 24.2 Å². The van der Waals surface area contributed by atoms with Crippen LogP contribution < -0.4 is 16.0 Å². The van der Waals surface area contributed by atoms with Crippen LogP contribution >= 0.6 is 22.7 Å². The third-order valence-electron chi connectivity index (χ3n) is 5.30. The standard InChI is InChI=1S/C23H25N5O4S2/c24-20(29)16-4-1-5-17(14-16)25-21(30)18-15-34-23(26-18)28(22(31)19-6-2-13-33-19)8-3-7-27-9-11-32-12-10-27/h1-2,4-6,13-15H,3,7-12H2,(H2,24,29)(H,25,30). The van der Waals surface area contributed by atoms with Gasteiger partial charge >= 0.3 is 0 Å². The highest BCUT2D eigenvalue weighted by Gasteiger charge is 2.23. The zero-order chi connectivity index (χ0) is 23.9. The fourth-order valence-corrected chi connectivity index (χ4v) is 5.03. The molecule has 3 heterocycles. The van der Waals surface area contributed by atoms with E-state index in [0.717, 1.165) is 39.3 Å². The number of aromatic nitrogens is 1. The molecule has 0 saturated carbocycles. The smallest absolute Gasteiger partial charge is 0.275 e. The molecule has 0 unspecified atom stereocenters. The maximum absolute atomic E-state index is 13.2. The first-order chi connectivity index (χ1) is 16.5. The van der Waals surface area contributed by atoms with Crippen molar-refractivity contribution in [2.24, 2.45) is 5.73 Å². The summed E-state index contributed by atoms with van der Waals surface area (Å²) in [5.74, 6) is -1.14. The predicted octanol–water partition coefficient (Wildman–Crippen LogP) is 2.92. The molecule has 3 N–H and O–H groups in total. The second-order valence-electron chi connectivity index (χ2n) is 7.66. The average Bonchev–Trinajstić information content (AvgIpc) is 3.55. The number of carbonyl (C=O) groups excluding carboxylic acids is 3. The molecule has 1 aromatic carbocycles. The lowest BCUT2D eigenvalue weighted by Crippen LogP contribution is -2.39. The van der Waals surface area contributed by atoms with Crippen LogP contribution in [-0.2, 0) is 4.74 Å². The van der Waals surface area contributed by atoms with E-state index in [9.17, 15) is 14.4 Å². The van der Waals surface area contributed by atoms with Crippen molar-refractivity contribution >= 4 is 51.2 Å². The third-order valence-corrected chi connectivity index (χ3v) is 7.02. The number of nitrogens with one attached hydrogen (secondary N) is 1. The van der Waals surface area contributed by atoms with Crippen molar-refractivity contribution < 1.29 is 19.1 Å². The van der Waals surface area contributed by atoms with Crippen molar-refractivity contribution in [3.63, 3.8) is 0 Å². The highest BCUT2D eigenvalue weighted by Crippen LogP contribution is 2.25. The maximum Gasteiger partial charge on any atom is 0.275 e. The predicted molar refractivity (Wildman–Crippen MR) is 133 cm³/mol. The van der Waals surface area contributed by atoms with Crippen molar-refractivity contribution in [2.75, 3.05) is 49.6 Å². The molecule has 0 bridgehead atoms. The third kappa shape index (κ3) is 6.06. The summed E-state index contributed by atoms with van der Waals surface area (Å²) in [6.07, 6.45) is 0.776. The van der Waals surface area contributed by atoms with Crippen LogP contribution in [0.4, 0.5) is 10.8 Å². The lowest BCUT2D eigenvalue weighted by atomic mass is 10.2. The van der Waals surface area contributed by atoms with Gasteiger partial charge in [0.15, 0.2) is 5.13 Å². The minimum atomic E-state index is -0.577. The number of primary amides is 1. The van der Waals surface area contributed by atoms with Crippen LogP contribution in [0.5, 0.6) is 0 Å². The minimum Gasteiger partial charge on any atom is -0.379 e. The van der Waals surface area contributed by atoms with Gasteiger partial charge in [-0.1, -0.05) is 12.1 Å². The summed E-state index contributed by atoms with van der Waals surface area (Å²) in [6, 6.07) is 10.0. The normalized spacial score (nSPS) is 14.0. The first-order valence-electron chi connectivity index (χ1n) is 10.8. The molecule has 1 fully saturated rings. The van der Waals surface area contributed by atoms with Gasteiger partial charge in [-0.15, -0.1) is 22.7 Å². The van der Waals surface area contributed by atoms with E-state index in [0.29, 0.717) is 27.8 Å². The molecule has 1 aliphatic rings. The molecule has 4 rings (SSSR count). The number of hydrogen-bond donors (Lipinski definition) is 2. The van der Waals surface area contributed by atoms with E-state index < -0.39 is 11.8 Å². The largest absolute Gasteiger partial charge is 0.379 e. The second kappa shape index (κ2) is 11.3. The van der Waals surface area contributed by atoms with Crippen LogP contribution in [-0.4, -0.2) is 67.0 Å². The highest BCUT2D eigenvalue weighted by molar-refractivity contribution is 7.14. The Morgan fingerprint density at radius 2 is 1.97 bits per heavy atom. The van der Waals surface area contributed by atoms with Gasteiger partial charge in [0.1, 0.15) is 5.69 Å². The summed E-state index contributed by atoms with van der Waals surface area (Å²) >= 11 is 2.62. The lowest BCUT2D eigenvalue weighted by Gasteiger charge is -2.27. The monoisotopic (exact) mass is 499 g/mol. The fraction of sp³-hybridized carbons (Fsp3) is 0.304. The summed E-state index contributed by atoms with van der Waals surface area (Å²) in [6.45, 7) is 4.57. The average molecular weight is 500 g/mol. The molecule has 34 heavy (non-hydrogen) atoms. The molecule has 0 radical (unpaired) electrons. The minimum absolute atomic E-state index is 0.132. The number of nitrogens with zero attached hydrogens (tertiary/aromatic N) is 3. The molecular weight excluding hydrogens is 474 g/mol. The van der Waals surface area contributed by atoms with Gasteiger partial charge in [0.25, 0.3) is 11.8 Å². The zero-order valence-electron chi connectivity index (χ0n) is 18.4. The molecule has 9 nitrogen and oxygen atoms in total. The number of ether oxygens (including phenoxy) is 1. The lowest BCUT2D eigenvalue weighted by molar-refractivity contribution is 0.0376. The van der Waals surface area contributed by atoms with Gasteiger partial charge in [0.2, 0.25) is 5.91 Å². The number of anilines is 2. The number of thiophene rings is 1.